The molecule has 0 aliphatic carbocycles. The van der Waals surface area contributed by atoms with Gasteiger partial charge in [-0.15, -0.1) is 0 Å². The maximum absolute atomic E-state index is 4.25. The van der Waals surface area contributed by atoms with Gasteiger partial charge >= 0.3 is 0 Å². The van der Waals surface area contributed by atoms with Gasteiger partial charge in [0.2, 0.25) is 0 Å². The number of hydrogen-bond donors (Lipinski definition) is 0. The van der Waals surface area contributed by atoms with Crippen LogP contribution in [0.15, 0.2) is 304 Å². The first-order valence-electron chi connectivity index (χ1n) is 21.0. The monoisotopic (exact) mass is 823 g/mol. The Balaban J connectivity index is 1.74. The van der Waals surface area contributed by atoms with Crippen LogP contribution in [0, 0.1) is 0 Å². The number of para-hydroxylation sites is 3. The first-order valence-corrected chi connectivity index (χ1v) is 21.0. The number of nitrogens with zero attached hydrogens (tertiary/aromatic N) is 3. The lowest BCUT2D eigenvalue weighted by molar-refractivity contribution is 1.14. The van der Waals surface area contributed by atoms with E-state index in [9.17, 15) is 0 Å². The second-order valence-electron chi connectivity index (χ2n) is 14.1. The summed E-state index contributed by atoms with van der Waals surface area (Å²) in [7, 11) is 0. The third-order valence-corrected chi connectivity index (χ3v) is 9.89. The minimum atomic E-state index is 0.881. The standard InChI is InChI=1S/C60H61N3/c1-11-28-55(29-12-2)62(59-36-26-21-27-37-59)54(18-8)45-41-51(16-6)52-42-46-60(47-43-52)63(56(30-13-3)31-14-4)53(17-7)44-38-48(9)50(15-5)40-39-49(10)61(57-32-22-19-23-33-57)58-34-24-20-25-35-58/h11-47H,1,3,5-8H2,2,4,9-10H3/b29-12-,31-14-,48-38+,49-39+,50-40+,51-41+,53-44+,54-45+,55-28+,56-30+. The SMILES string of the molecule is C=C/C=C(\C=C/C)N(/C(C=C)=C/C=C(\C=C)c1ccc(N(/C(C=C)=C/C=C(C)/C(C=C)=C/C=C(\C)N(c2ccccc2)c2ccccc2)C(/C=C\C)=C/C=C)cc1)c1ccccc1. The summed E-state index contributed by atoms with van der Waals surface area (Å²) < 4.78 is 0. The Hall–Kier alpha value is -7.88. The minimum absolute atomic E-state index is 0.881. The molecule has 0 saturated carbocycles. The lowest BCUT2D eigenvalue weighted by atomic mass is 10.0. The van der Waals surface area contributed by atoms with Crippen LogP contribution in [0.2, 0.25) is 0 Å². The van der Waals surface area contributed by atoms with E-state index in [2.05, 4.69) is 202 Å². The van der Waals surface area contributed by atoms with Crippen molar-refractivity contribution in [3.05, 3.63) is 309 Å². The van der Waals surface area contributed by atoms with E-state index in [-0.39, 0.29) is 0 Å². The van der Waals surface area contributed by atoms with Gasteiger partial charge in [-0.05, 0) is 153 Å². The van der Waals surface area contributed by atoms with Crippen LogP contribution in [-0.4, -0.2) is 0 Å². The van der Waals surface area contributed by atoms with Crippen molar-refractivity contribution in [1.82, 2.24) is 0 Å². The average Bonchev–Trinajstić information content (AvgIpc) is 3.31. The number of hydrogen-bond acceptors (Lipinski definition) is 3. The van der Waals surface area contributed by atoms with Crippen LogP contribution in [0.1, 0.15) is 33.3 Å². The molecule has 4 aromatic rings. The molecule has 0 heterocycles. The van der Waals surface area contributed by atoms with Crippen molar-refractivity contribution < 1.29 is 0 Å². The minimum Gasteiger partial charge on any atom is -0.315 e. The highest BCUT2D eigenvalue weighted by Crippen LogP contribution is 2.32. The Morgan fingerprint density at radius 1 is 0.413 bits per heavy atom. The second kappa shape index (κ2) is 25.7. The molecule has 0 bridgehead atoms. The van der Waals surface area contributed by atoms with Crippen LogP contribution in [0.5, 0.6) is 0 Å². The zero-order valence-electron chi connectivity index (χ0n) is 37.4. The summed E-state index contributed by atoms with van der Waals surface area (Å²) in [6, 6.07) is 39.4. The number of rotatable bonds is 22. The highest BCUT2D eigenvalue weighted by Gasteiger charge is 2.16. The Labute approximate surface area is 378 Å². The van der Waals surface area contributed by atoms with E-state index in [1.54, 1.807) is 12.2 Å². The van der Waals surface area contributed by atoms with Gasteiger partial charge in [0.15, 0.2) is 0 Å². The Morgan fingerprint density at radius 3 is 1.27 bits per heavy atom. The molecule has 0 spiro atoms. The first kappa shape index (κ1) is 47.8. The van der Waals surface area contributed by atoms with Crippen molar-refractivity contribution in [2.75, 3.05) is 14.7 Å². The van der Waals surface area contributed by atoms with E-state index in [0.717, 1.165) is 73.5 Å². The summed E-state index contributed by atoms with van der Waals surface area (Å²) in [6.45, 7) is 33.0. The summed E-state index contributed by atoms with van der Waals surface area (Å²) >= 11 is 0. The molecule has 0 aromatic heterocycles. The van der Waals surface area contributed by atoms with Gasteiger partial charge in [-0.3, -0.25) is 0 Å². The number of allylic oxidation sites excluding steroid dienone is 22. The summed E-state index contributed by atoms with van der Waals surface area (Å²) in [6.07, 6.45) is 35.8. The van der Waals surface area contributed by atoms with Crippen LogP contribution in [0.4, 0.5) is 22.7 Å². The fourth-order valence-electron chi connectivity index (χ4n) is 6.85. The maximum atomic E-state index is 4.25. The van der Waals surface area contributed by atoms with Crippen LogP contribution < -0.4 is 14.7 Å². The molecule has 3 heteroatoms. The fourth-order valence-corrected chi connectivity index (χ4v) is 6.85. The molecule has 0 fully saturated rings. The van der Waals surface area contributed by atoms with E-state index in [1.807, 2.05) is 92.8 Å². The zero-order chi connectivity index (χ0) is 45.4. The zero-order valence-corrected chi connectivity index (χ0v) is 37.4. The van der Waals surface area contributed by atoms with Crippen LogP contribution in [0.3, 0.4) is 0 Å². The molecule has 0 aliphatic heterocycles. The summed E-state index contributed by atoms with van der Waals surface area (Å²) in [5, 5.41) is 0. The van der Waals surface area contributed by atoms with Gasteiger partial charge in [-0.2, -0.15) is 0 Å². The number of anilines is 4. The molecule has 0 N–H and O–H groups in total. The third-order valence-electron chi connectivity index (χ3n) is 9.89. The van der Waals surface area contributed by atoms with Crippen molar-refractivity contribution >= 4 is 28.3 Å². The van der Waals surface area contributed by atoms with E-state index < -0.39 is 0 Å². The van der Waals surface area contributed by atoms with Gasteiger partial charge in [0.25, 0.3) is 0 Å². The lowest BCUT2D eigenvalue weighted by Gasteiger charge is -2.27. The molecular formula is C60H61N3. The molecule has 4 rings (SSSR count). The van der Waals surface area contributed by atoms with E-state index in [0.29, 0.717) is 0 Å². The van der Waals surface area contributed by atoms with Crippen molar-refractivity contribution in [2.24, 2.45) is 0 Å². The van der Waals surface area contributed by atoms with Gasteiger partial charge < -0.3 is 14.7 Å². The van der Waals surface area contributed by atoms with Crippen LogP contribution >= 0.6 is 0 Å². The second-order valence-corrected chi connectivity index (χ2v) is 14.1. The number of benzene rings is 4. The maximum Gasteiger partial charge on any atom is 0.0462 e. The Morgan fingerprint density at radius 2 is 0.857 bits per heavy atom. The van der Waals surface area contributed by atoms with Crippen LogP contribution in [0.25, 0.3) is 5.57 Å². The average molecular weight is 824 g/mol. The molecule has 0 aliphatic rings. The van der Waals surface area contributed by atoms with Crippen molar-refractivity contribution in [1.29, 1.82) is 0 Å². The van der Waals surface area contributed by atoms with Gasteiger partial charge in [0.05, 0.1) is 0 Å². The highest BCUT2D eigenvalue weighted by molar-refractivity contribution is 5.77. The Kier molecular flexibility index (Phi) is 19.5. The highest BCUT2D eigenvalue weighted by atomic mass is 15.2. The molecule has 0 radical (unpaired) electrons. The predicted molar refractivity (Wildman–Crippen MR) is 280 cm³/mol. The third kappa shape index (κ3) is 13.3. The molecule has 63 heavy (non-hydrogen) atoms. The molecular weight excluding hydrogens is 763 g/mol. The predicted octanol–water partition coefficient (Wildman–Crippen LogP) is 16.8. The smallest absolute Gasteiger partial charge is 0.0462 e. The molecule has 0 saturated heterocycles. The van der Waals surface area contributed by atoms with Crippen molar-refractivity contribution in [3.63, 3.8) is 0 Å². The summed E-state index contributed by atoms with van der Waals surface area (Å²) in [5.41, 5.74) is 12.9. The molecule has 4 aromatic carbocycles. The summed E-state index contributed by atoms with van der Waals surface area (Å²) in [4.78, 5) is 6.56. The molecule has 0 unspecified atom stereocenters. The summed E-state index contributed by atoms with van der Waals surface area (Å²) in [5.74, 6) is 0. The van der Waals surface area contributed by atoms with E-state index in [1.165, 1.54) is 0 Å². The van der Waals surface area contributed by atoms with Crippen LogP contribution in [-0.2, 0) is 0 Å². The first-order chi connectivity index (χ1) is 30.8. The quantitative estimate of drug-likeness (QED) is 0.0731. The van der Waals surface area contributed by atoms with Gasteiger partial charge in [-0.1, -0.05) is 161 Å². The normalized spacial score (nSPS) is 13.5. The fraction of sp³-hybridized carbons (Fsp3) is 0.0667. The topological polar surface area (TPSA) is 9.72 Å². The van der Waals surface area contributed by atoms with Gasteiger partial charge in [0, 0.05) is 51.2 Å². The van der Waals surface area contributed by atoms with E-state index >= 15 is 0 Å². The molecule has 0 amide bonds. The largest absolute Gasteiger partial charge is 0.315 e. The Bertz CT molecular complexity index is 2470. The molecule has 3 nitrogen and oxygen atoms in total. The van der Waals surface area contributed by atoms with E-state index in [4.69, 9.17) is 0 Å². The molecule has 0 atom stereocenters. The van der Waals surface area contributed by atoms with Gasteiger partial charge in [-0.25, -0.2) is 0 Å². The lowest BCUT2D eigenvalue weighted by Crippen LogP contribution is -2.20. The van der Waals surface area contributed by atoms with Gasteiger partial charge in [0.1, 0.15) is 0 Å². The van der Waals surface area contributed by atoms with Crippen molar-refractivity contribution in [3.8, 4) is 0 Å². The van der Waals surface area contributed by atoms with Crippen molar-refractivity contribution in [2.45, 2.75) is 27.7 Å². The molecule has 316 valence electrons.